The molecule has 0 atom stereocenters. The van der Waals surface area contributed by atoms with E-state index in [4.69, 9.17) is 14.2 Å². The van der Waals surface area contributed by atoms with Gasteiger partial charge in [-0.1, -0.05) is 17.7 Å². The first kappa shape index (κ1) is 20.1. The van der Waals surface area contributed by atoms with Gasteiger partial charge in [-0.3, -0.25) is 0 Å². The summed E-state index contributed by atoms with van der Waals surface area (Å²) >= 11 is 0. The highest BCUT2D eigenvalue weighted by molar-refractivity contribution is 7.89. The van der Waals surface area contributed by atoms with E-state index >= 15 is 0 Å². The predicted molar refractivity (Wildman–Crippen MR) is 101 cm³/mol. The number of ether oxygens (including phenoxy) is 3. The van der Waals surface area contributed by atoms with Crippen LogP contribution in [-0.2, 0) is 10.0 Å². The summed E-state index contributed by atoms with van der Waals surface area (Å²) in [7, 11) is -0.489. The summed E-state index contributed by atoms with van der Waals surface area (Å²) in [4.78, 5) is 0.325. The Kier molecular flexibility index (Phi) is 6.50. The predicted octanol–water partition coefficient (Wildman–Crippen LogP) is 2.99. The van der Waals surface area contributed by atoms with Gasteiger partial charge >= 0.3 is 0 Å². The Bertz CT molecular complexity index is 832. The van der Waals surface area contributed by atoms with Crippen LogP contribution in [0.1, 0.15) is 16.7 Å². The van der Waals surface area contributed by atoms with Gasteiger partial charge in [0, 0.05) is 24.7 Å². The van der Waals surface area contributed by atoms with Crippen molar-refractivity contribution in [2.45, 2.75) is 25.7 Å². The van der Waals surface area contributed by atoms with Crippen molar-refractivity contribution in [3.63, 3.8) is 0 Å². The first-order chi connectivity index (χ1) is 12.3. The lowest BCUT2D eigenvalue weighted by atomic mass is 10.1. The highest BCUT2D eigenvalue weighted by Gasteiger charge is 2.19. The third-order valence-electron chi connectivity index (χ3n) is 3.86. The third-order valence-corrected chi connectivity index (χ3v) is 5.63. The first-order valence-corrected chi connectivity index (χ1v) is 9.68. The molecule has 6 nitrogen and oxygen atoms in total. The maximum Gasteiger partial charge on any atom is 0.241 e. The van der Waals surface area contributed by atoms with Crippen molar-refractivity contribution in [3.05, 3.63) is 47.0 Å². The van der Waals surface area contributed by atoms with E-state index in [2.05, 4.69) is 4.72 Å². The monoisotopic (exact) mass is 379 g/mol. The van der Waals surface area contributed by atoms with E-state index in [1.165, 1.54) is 0 Å². The second-order valence-corrected chi connectivity index (χ2v) is 7.73. The number of sulfonamides is 1. The van der Waals surface area contributed by atoms with Crippen LogP contribution in [0.15, 0.2) is 35.2 Å². The lowest BCUT2D eigenvalue weighted by Gasteiger charge is -2.14. The molecule has 0 spiro atoms. The molecule has 7 heteroatoms. The summed E-state index contributed by atoms with van der Waals surface area (Å²) in [5, 5.41) is 0. The molecule has 0 aromatic heterocycles. The van der Waals surface area contributed by atoms with E-state index in [-0.39, 0.29) is 13.2 Å². The van der Waals surface area contributed by atoms with Crippen LogP contribution in [0.4, 0.5) is 0 Å². The van der Waals surface area contributed by atoms with Gasteiger partial charge in [0.1, 0.15) is 23.9 Å². The second-order valence-electron chi connectivity index (χ2n) is 6.02. The zero-order valence-electron chi connectivity index (χ0n) is 15.8. The molecule has 2 rings (SSSR count). The smallest absolute Gasteiger partial charge is 0.241 e. The molecule has 0 unspecified atom stereocenters. The minimum absolute atomic E-state index is 0.147. The molecule has 0 radical (unpaired) electrons. The molecule has 0 aliphatic carbocycles. The van der Waals surface area contributed by atoms with Gasteiger partial charge in [-0.05, 0) is 31.9 Å². The van der Waals surface area contributed by atoms with Gasteiger partial charge in [0.25, 0.3) is 0 Å². The maximum atomic E-state index is 12.6. The highest BCUT2D eigenvalue weighted by Crippen LogP contribution is 2.27. The number of hydrogen-bond acceptors (Lipinski definition) is 5. The third kappa shape index (κ3) is 4.89. The van der Waals surface area contributed by atoms with Gasteiger partial charge in [-0.15, -0.1) is 0 Å². The molecule has 0 saturated heterocycles. The standard InChI is InChI=1S/C19H25NO5S/c1-13-8-14(2)19(15(3)9-13)26(21,22)20-6-7-25-18-11-16(23-4)10-17(12-18)24-5/h8-12,20H,6-7H2,1-5H3. The van der Waals surface area contributed by atoms with Crippen molar-refractivity contribution in [1.82, 2.24) is 4.72 Å². The topological polar surface area (TPSA) is 73.9 Å². The summed E-state index contributed by atoms with van der Waals surface area (Å²) in [6.07, 6.45) is 0. The highest BCUT2D eigenvalue weighted by atomic mass is 32.2. The Labute approximate surface area is 155 Å². The van der Waals surface area contributed by atoms with E-state index in [0.717, 1.165) is 16.7 Å². The molecule has 0 heterocycles. The Morgan fingerprint density at radius 1 is 0.846 bits per heavy atom. The lowest BCUT2D eigenvalue weighted by Crippen LogP contribution is -2.29. The fourth-order valence-electron chi connectivity index (χ4n) is 2.87. The van der Waals surface area contributed by atoms with Gasteiger partial charge in [-0.25, -0.2) is 13.1 Å². The zero-order chi connectivity index (χ0) is 19.3. The van der Waals surface area contributed by atoms with Crippen molar-refractivity contribution >= 4 is 10.0 Å². The Morgan fingerprint density at radius 2 is 1.35 bits per heavy atom. The van der Waals surface area contributed by atoms with Gasteiger partial charge < -0.3 is 14.2 Å². The quantitative estimate of drug-likeness (QED) is 0.714. The maximum absolute atomic E-state index is 12.6. The summed E-state index contributed by atoms with van der Waals surface area (Å²) in [6.45, 7) is 5.87. The summed E-state index contributed by atoms with van der Waals surface area (Å²) < 4.78 is 43.7. The Balaban J connectivity index is 2.02. The van der Waals surface area contributed by atoms with E-state index in [9.17, 15) is 8.42 Å². The molecular formula is C19H25NO5S. The molecule has 0 aliphatic heterocycles. The van der Waals surface area contributed by atoms with Crippen LogP contribution in [-0.4, -0.2) is 35.8 Å². The number of benzene rings is 2. The molecular weight excluding hydrogens is 354 g/mol. The van der Waals surface area contributed by atoms with Crippen molar-refractivity contribution in [2.24, 2.45) is 0 Å². The molecule has 0 amide bonds. The van der Waals surface area contributed by atoms with Crippen LogP contribution in [0, 0.1) is 20.8 Å². The fraction of sp³-hybridized carbons (Fsp3) is 0.368. The van der Waals surface area contributed by atoms with Crippen LogP contribution >= 0.6 is 0 Å². The molecule has 1 N–H and O–H groups in total. The SMILES string of the molecule is COc1cc(OC)cc(OCCNS(=O)(=O)c2c(C)cc(C)cc2C)c1. The van der Waals surface area contributed by atoms with Crippen molar-refractivity contribution in [2.75, 3.05) is 27.4 Å². The molecule has 0 aliphatic rings. The van der Waals surface area contributed by atoms with Crippen LogP contribution in [0.2, 0.25) is 0 Å². The van der Waals surface area contributed by atoms with Gasteiger partial charge in [0.2, 0.25) is 10.0 Å². The summed E-state index contributed by atoms with van der Waals surface area (Å²) in [5.74, 6) is 1.75. The number of hydrogen-bond donors (Lipinski definition) is 1. The lowest BCUT2D eigenvalue weighted by molar-refractivity contribution is 0.316. The summed E-state index contributed by atoms with van der Waals surface area (Å²) in [5.41, 5.74) is 2.50. The minimum Gasteiger partial charge on any atom is -0.496 e. The minimum atomic E-state index is -3.60. The number of rotatable bonds is 8. The molecule has 2 aromatic carbocycles. The van der Waals surface area contributed by atoms with Gasteiger partial charge in [-0.2, -0.15) is 0 Å². The molecule has 0 fully saturated rings. The average Bonchev–Trinajstić information content (AvgIpc) is 2.57. The van der Waals surface area contributed by atoms with Crippen LogP contribution in [0.5, 0.6) is 17.2 Å². The Hall–Kier alpha value is -2.25. The number of aryl methyl sites for hydroxylation is 3. The molecule has 26 heavy (non-hydrogen) atoms. The molecule has 142 valence electrons. The first-order valence-electron chi connectivity index (χ1n) is 8.20. The fourth-order valence-corrected chi connectivity index (χ4v) is 4.33. The average molecular weight is 379 g/mol. The zero-order valence-corrected chi connectivity index (χ0v) is 16.6. The van der Waals surface area contributed by atoms with Crippen molar-refractivity contribution < 1.29 is 22.6 Å². The van der Waals surface area contributed by atoms with Crippen molar-refractivity contribution in [3.8, 4) is 17.2 Å². The molecule has 2 aromatic rings. The second kappa shape index (κ2) is 8.42. The van der Waals surface area contributed by atoms with Gasteiger partial charge in [0.05, 0.1) is 19.1 Å². The largest absolute Gasteiger partial charge is 0.496 e. The normalized spacial score (nSPS) is 11.3. The van der Waals surface area contributed by atoms with E-state index < -0.39 is 10.0 Å². The van der Waals surface area contributed by atoms with E-state index in [1.54, 1.807) is 46.3 Å². The van der Waals surface area contributed by atoms with Crippen molar-refractivity contribution in [1.29, 1.82) is 0 Å². The van der Waals surface area contributed by atoms with Crippen LogP contribution in [0.3, 0.4) is 0 Å². The Morgan fingerprint density at radius 3 is 1.85 bits per heavy atom. The molecule has 0 saturated carbocycles. The van der Waals surface area contributed by atoms with Crippen LogP contribution in [0.25, 0.3) is 0 Å². The summed E-state index contributed by atoms with van der Waals surface area (Å²) in [6, 6.07) is 8.89. The molecule has 0 bridgehead atoms. The van der Waals surface area contributed by atoms with Crippen LogP contribution < -0.4 is 18.9 Å². The number of methoxy groups -OCH3 is 2. The van der Waals surface area contributed by atoms with E-state index in [1.807, 2.05) is 19.1 Å². The van der Waals surface area contributed by atoms with Gasteiger partial charge in [0.15, 0.2) is 0 Å². The number of nitrogens with one attached hydrogen (secondary N) is 1. The van der Waals surface area contributed by atoms with E-state index in [0.29, 0.717) is 22.1 Å².